The molecule has 1 aromatic heterocycles. The number of carbonyl (C=O) groups excluding carboxylic acids is 1. The summed E-state index contributed by atoms with van der Waals surface area (Å²) in [4.78, 5) is 11.9. The van der Waals surface area contributed by atoms with Crippen LogP contribution in [0, 0.1) is 5.92 Å². The smallest absolute Gasteiger partial charge is 0.285 e. The van der Waals surface area contributed by atoms with Crippen LogP contribution in [-0.2, 0) is 6.42 Å². The second-order valence-electron chi connectivity index (χ2n) is 4.69. The van der Waals surface area contributed by atoms with E-state index in [1.165, 1.54) is 0 Å². The van der Waals surface area contributed by atoms with E-state index in [1.54, 1.807) is 6.33 Å². The Morgan fingerprint density at radius 1 is 1.53 bits per heavy atom. The molecule has 2 rings (SSSR count). The van der Waals surface area contributed by atoms with E-state index in [1.807, 2.05) is 25.3 Å². The minimum atomic E-state index is 0.144. The van der Waals surface area contributed by atoms with Gasteiger partial charge in [-0.1, -0.05) is 11.7 Å². The molecule has 0 fully saturated rings. The molecule has 0 spiro atoms. The highest BCUT2D eigenvalue weighted by atomic mass is 16.5. The first kappa shape index (κ1) is 10.2. The molecule has 82 valence electrons. The summed E-state index contributed by atoms with van der Waals surface area (Å²) in [5, 5.41) is 9.71. The van der Waals surface area contributed by atoms with Crippen molar-refractivity contribution in [1.29, 1.82) is 0 Å². The molecule has 1 heterocycles. The Kier molecular flexibility index (Phi) is 2.29. The molecule has 1 aliphatic carbocycles. The normalized spacial score (nSPS) is 20.8. The van der Waals surface area contributed by atoms with E-state index in [0.717, 1.165) is 16.8 Å². The molecule has 0 aliphatic heterocycles. The molecule has 1 unspecified atom stereocenters. The zero-order valence-electron chi connectivity index (χ0n) is 9.40. The maximum Gasteiger partial charge on any atom is 0.285 e. The first-order valence-corrected chi connectivity index (χ1v) is 5.38. The number of nitrogens with zero attached hydrogens (tertiary/aromatic N) is 2. The summed E-state index contributed by atoms with van der Waals surface area (Å²) < 4.78 is 2.95. The van der Waals surface area contributed by atoms with Crippen LogP contribution in [0.1, 0.15) is 49.4 Å². The van der Waals surface area contributed by atoms with E-state index in [0.29, 0.717) is 18.0 Å². The first-order chi connectivity index (χ1) is 7.00. The predicted molar refractivity (Wildman–Crippen MR) is 54.0 cm³/mol. The molecule has 0 amide bonds. The Labute approximate surface area is 89.1 Å². The van der Waals surface area contributed by atoms with Gasteiger partial charge in [0.2, 0.25) is 11.5 Å². The average molecular weight is 209 g/mol. The summed E-state index contributed by atoms with van der Waals surface area (Å²) in [5.41, 5.74) is 1.44. The Morgan fingerprint density at radius 2 is 2.20 bits per heavy atom. The van der Waals surface area contributed by atoms with Crippen molar-refractivity contribution in [2.45, 2.75) is 39.7 Å². The van der Waals surface area contributed by atoms with Crippen molar-refractivity contribution in [3.05, 3.63) is 17.7 Å². The fourth-order valence-electron chi connectivity index (χ4n) is 2.20. The second-order valence-corrected chi connectivity index (χ2v) is 4.69. The number of fused-ring (bicyclic) bond motifs is 1. The third-order valence-corrected chi connectivity index (χ3v) is 2.94. The summed E-state index contributed by atoms with van der Waals surface area (Å²) in [5.74, 6) is 0.469. The fraction of sp³-hybridized carbons (Fsp3) is 0.636. The largest absolute Gasteiger partial charge is 0.350 e. The van der Waals surface area contributed by atoms with Crippen LogP contribution in [0.25, 0.3) is 0 Å². The van der Waals surface area contributed by atoms with E-state index in [-0.39, 0.29) is 11.8 Å². The number of aromatic nitrogens is 2. The van der Waals surface area contributed by atoms with Gasteiger partial charge in [-0.15, -0.1) is 0 Å². The van der Waals surface area contributed by atoms with Crippen LogP contribution in [0.5, 0.6) is 0 Å². The first-order valence-electron chi connectivity index (χ1n) is 5.38. The third kappa shape index (κ3) is 1.54. The molecular weight excluding hydrogens is 192 g/mol. The number of hydrogen-bond acceptors (Lipinski definition) is 2. The molecule has 15 heavy (non-hydrogen) atoms. The van der Waals surface area contributed by atoms with Crippen molar-refractivity contribution in [3.63, 3.8) is 0 Å². The molecule has 1 atom stereocenters. The third-order valence-electron chi connectivity index (χ3n) is 2.94. The average Bonchev–Trinajstić information content (AvgIpc) is 2.44. The van der Waals surface area contributed by atoms with E-state index < -0.39 is 0 Å². The summed E-state index contributed by atoms with van der Waals surface area (Å²) >= 11 is 0. The van der Waals surface area contributed by atoms with Crippen LogP contribution in [0.4, 0.5) is 0 Å². The van der Waals surface area contributed by atoms with Gasteiger partial charge in [0.25, 0.3) is 6.33 Å². The van der Waals surface area contributed by atoms with Crippen molar-refractivity contribution in [2.75, 3.05) is 0 Å². The van der Waals surface area contributed by atoms with Crippen LogP contribution in [0.2, 0.25) is 0 Å². The Bertz CT molecular complexity index is 407. The van der Waals surface area contributed by atoms with E-state index in [4.69, 9.17) is 0 Å². The Morgan fingerprint density at radius 3 is 2.80 bits per heavy atom. The van der Waals surface area contributed by atoms with Gasteiger partial charge in [-0.3, -0.25) is 4.79 Å². The summed E-state index contributed by atoms with van der Waals surface area (Å²) in [7, 11) is 0. The minimum absolute atomic E-state index is 0.144. The van der Waals surface area contributed by atoms with Crippen LogP contribution >= 0.6 is 0 Å². The van der Waals surface area contributed by atoms with Gasteiger partial charge < -0.3 is 5.21 Å². The monoisotopic (exact) mass is 209 g/mol. The number of hydrogen-bond donors (Lipinski definition) is 1. The van der Waals surface area contributed by atoms with E-state index in [9.17, 15) is 10.0 Å². The maximum atomic E-state index is 11.9. The molecule has 0 radical (unpaired) electrons. The van der Waals surface area contributed by atoms with Gasteiger partial charge in [-0.05, 0) is 19.8 Å². The number of carbonyl (C=O) groups is 1. The molecule has 0 aromatic carbocycles. The predicted octanol–water partition coefficient (Wildman–Crippen LogP) is 1.36. The summed E-state index contributed by atoms with van der Waals surface area (Å²) in [6, 6.07) is 0.199. The highest BCUT2D eigenvalue weighted by Gasteiger charge is 2.36. The fourth-order valence-corrected chi connectivity index (χ4v) is 2.20. The Hall–Kier alpha value is -1.32. The van der Waals surface area contributed by atoms with Crippen LogP contribution < -0.4 is 4.73 Å². The highest BCUT2D eigenvalue weighted by Crippen LogP contribution is 2.25. The van der Waals surface area contributed by atoms with E-state index >= 15 is 0 Å². The standard InChI is InChI=1S/C11H17N2O2/c1-7(2)12-6-13(15)9-4-8(3)5-10(14)11(9)12/h6-8,15H,4-5H2,1-3H3/q+1. The van der Waals surface area contributed by atoms with Gasteiger partial charge in [0.1, 0.15) is 0 Å². The SMILES string of the molecule is CC1CC(=O)c2c([n+](O)cn2C(C)C)C1. The van der Waals surface area contributed by atoms with Gasteiger partial charge >= 0.3 is 0 Å². The minimum Gasteiger partial charge on any atom is -0.350 e. The van der Waals surface area contributed by atoms with Crippen molar-refractivity contribution >= 4 is 5.78 Å². The van der Waals surface area contributed by atoms with Gasteiger partial charge in [0.05, 0.1) is 6.04 Å². The highest BCUT2D eigenvalue weighted by molar-refractivity contribution is 5.96. The number of ketones is 1. The number of imidazole rings is 1. The van der Waals surface area contributed by atoms with Crippen molar-refractivity contribution < 1.29 is 14.7 Å². The lowest BCUT2D eigenvalue weighted by molar-refractivity contribution is -0.909. The van der Waals surface area contributed by atoms with Gasteiger partial charge in [0.15, 0.2) is 5.69 Å². The molecule has 0 saturated carbocycles. The quantitative estimate of drug-likeness (QED) is 0.560. The zero-order chi connectivity index (χ0) is 11.2. The molecule has 1 N–H and O–H groups in total. The lowest BCUT2D eigenvalue weighted by Crippen LogP contribution is -2.35. The lowest BCUT2D eigenvalue weighted by atomic mass is 9.90. The molecular formula is C11H17N2O2+. The van der Waals surface area contributed by atoms with Crippen molar-refractivity contribution in [2.24, 2.45) is 5.92 Å². The van der Waals surface area contributed by atoms with Gasteiger partial charge in [-0.25, -0.2) is 4.57 Å². The number of Topliss-reactive ketones (excluding diaryl/α,β-unsaturated/α-hetero) is 1. The molecule has 1 aromatic rings. The van der Waals surface area contributed by atoms with E-state index in [2.05, 4.69) is 0 Å². The molecule has 4 nitrogen and oxygen atoms in total. The molecule has 0 bridgehead atoms. The van der Waals surface area contributed by atoms with Crippen LogP contribution in [0.3, 0.4) is 0 Å². The maximum absolute atomic E-state index is 11.9. The van der Waals surface area contributed by atoms with Crippen LogP contribution in [-0.4, -0.2) is 15.6 Å². The van der Waals surface area contributed by atoms with Crippen molar-refractivity contribution in [3.8, 4) is 0 Å². The summed E-state index contributed by atoms with van der Waals surface area (Å²) in [6.07, 6.45) is 2.96. The number of rotatable bonds is 1. The lowest BCUT2D eigenvalue weighted by Gasteiger charge is -2.14. The van der Waals surface area contributed by atoms with Gasteiger partial charge in [0, 0.05) is 12.8 Å². The van der Waals surface area contributed by atoms with Crippen LogP contribution in [0.15, 0.2) is 6.33 Å². The van der Waals surface area contributed by atoms with Crippen molar-refractivity contribution in [1.82, 2.24) is 4.57 Å². The molecule has 4 heteroatoms. The summed E-state index contributed by atoms with van der Waals surface area (Å²) in [6.45, 7) is 6.05. The molecule has 0 saturated heterocycles. The zero-order valence-corrected chi connectivity index (χ0v) is 9.40. The van der Waals surface area contributed by atoms with Gasteiger partial charge in [-0.2, -0.15) is 0 Å². The Balaban J connectivity index is 2.56. The topological polar surface area (TPSA) is 46.1 Å². The second kappa shape index (κ2) is 3.36. The molecule has 1 aliphatic rings.